The summed E-state index contributed by atoms with van der Waals surface area (Å²) in [5.74, 6) is 1.56. The van der Waals surface area contributed by atoms with Crippen molar-refractivity contribution >= 4 is 10.0 Å². The first-order valence-electron chi connectivity index (χ1n) is 6.31. The van der Waals surface area contributed by atoms with E-state index in [9.17, 15) is 8.42 Å². The summed E-state index contributed by atoms with van der Waals surface area (Å²) in [6.45, 7) is 4.97. The van der Waals surface area contributed by atoms with Crippen molar-refractivity contribution in [3.8, 4) is 0 Å². The van der Waals surface area contributed by atoms with Gasteiger partial charge in [-0.2, -0.15) is 9.29 Å². The Morgan fingerprint density at radius 1 is 1.33 bits per heavy atom. The van der Waals surface area contributed by atoms with Gasteiger partial charge in [0.1, 0.15) is 0 Å². The van der Waals surface area contributed by atoms with Crippen LogP contribution in [0.25, 0.3) is 0 Å². The summed E-state index contributed by atoms with van der Waals surface area (Å²) in [7, 11) is -3.04. The van der Waals surface area contributed by atoms with Gasteiger partial charge in [-0.1, -0.05) is 19.0 Å². The number of rotatable bonds is 4. The molecule has 1 saturated carbocycles. The largest absolute Gasteiger partial charge is 0.339 e. The summed E-state index contributed by atoms with van der Waals surface area (Å²) < 4.78 is 30.6. The topological polar surface area (TPSA) is 76.3 Å². The molecule has 0 amide bonds. The fraction of sp³-hybridized carbons (Fsp3) is 0.818. The molecule has 2 heterocycles. The monoisotopic (exact) mass is 271 g/mol. The molecule has 1 saturated heterocycles. The average molecular weight is 271 g/mol. The molecular weight excluding hydrogens is 254 g/mol. The predicted octanol–water partition coefficient (Wildman–Crippen LogP) is 1.08. The molecule has 0 bridgehead atoms. The minimum atomic E-state index is -3.04. The minimum Gasteiger partial charge on any atom is -0.339 e. The molecule has 6 nitrogen and oxygen atoms in total. The van der Waals surface area contributed by atoms with E-state index in [1.807, 2.05) is 13.8 Å². The Morgan fingerprint density at radius 2 is 2.00 bits per heavy atom. The van der Waals surface area contributed by atoms with Crippen molar-refractivity contribution < 1.29 is 12.9 Å². The van der Waals surface area contributed by atoms with E-state index in [-0.39, 0.29) is 17.1 Å². The fourth-order valence-electron chi connectivity index (χ4n) is 2.03. The summed E-state index contributed by atoms with van der Waals surface area (Å²) in [5, 5.41) is 3.77. The molecular formula is C11H17N3O3S. The number of hydrogen-bond acceptors (Lipinski definition) is 5. The van der Waals surface area contributed by atoms with Crippen LogP contribution in [0.1, 0.15) is 50.2 Å². The fourth-order valence-corrected chi connectivity index (χ4v) is 3.96. The maximum atomic E-state index is 11.9. The van der Waals surface area contributed by atoms with Crippen molar-refractivity contribution in [3.05, 3.63) is 11.7 Å². The van der Waals surface area contributed by atoms with E-state index in [2.05, 4.69) is 10.1 Å². The van der Waals surface area contributed by atoms with Gasteiger partial charge < -0.3 is 4.52 Å². The van der Waals surface area contributed by atoms with Crippen LogP contribution in [0.5, 0.6) is 0 Å². The molecule has 18 heavy (non-hydrogen) atoms. The summed E-state index contributed by atoms with van der Waals surface area (Å²) in [5.41, 5.74) is 0. The first-order valence-corrected chi connectivity index (χ1v) is 7.81. The van der Waals surface area contributed by atoms with Crippen LogP contribution in [0, 0.1) is 0 Å². The van der Waals surface area contributed by atoms with Gasteiger partial charge in [-0.05, 0) is 12.8 Å². The Labute approximate surface area is 106 Å². The normalized spacial score (nSPS) is 22.4. The minimum absolute atomic E-state index is 0.0681. The average Bonchev–Trinajstić information content (AvgIpc) is 2.97. The third-order valence-electron chi connectivity index (χ3n) is 3.48. The van der Waals surface area contributed by atoms with Crippen LogP contribution in [-0.2, 0) is 10.0 Å². The second-order valence-electron chi connectivity index (χ2n) is 5.40. The molecule has 1 aromatic rings. The Kier molecular flexibility index (Phi) is 2.71. The van der Waals surface area contributed by atoms with E-state index in [1.165, 1.54) is 4.31 Å². The summed E-state index contributed by atoms with van der Waals surface area (Å²) >= 11 is 0. The van der Waals surface area contributed by atoms with E-state index >= 15 is 0 Å². The highest BCUT2D eigenvalue weighted by molar-refractivity contribution is 7.90. The Bertz CT molecular complexity index is 542. The first-order chi connectivity index (χ1) is 8.48. The second-order valence-corrected chi connectivity index (χ2v) is 7.62. The van der Waals surface area contributed by atoms with Crippen LogP contribution in [0.4, 0.5) is 0 Å². The van der Waals surface area contributed by atoms with Crippen molar-refractivity contribution in [3.63, 3.8) is 0 Å². The maximum absolute atomic E-state index is 11.9. The molecule has 0 radical (unpaired) electrons. The molecule has 0 N–H and O–H groups in total. The molecule has 2 fully saturated rings. The predicted molar refractivity (Wildman–Crippen MR) is 64.6 cm³/mol. The lowest BCUT2D eigenvalue weighted by Gasteiger charge is -2.35. The standard InChI is InChI=1S/C11H17N3O3S/c1-7(2)10-12-11(17-13-10)8-5-14(6-8)18(15,16)9-3-4-9/h7-9H,3-6H2,1-2H3. The van der Waals surface area contributed by atoms with Gasteiger partial charge >= 0.3 is 0 Å². The van der Waals surface area contributed by atoms with E-state index in [0.717, 1.165) is 12.8 Å². The highest BCUT2D eigenvalue weighted by Gasteiger charge is 2.46. The number of aromatic nitrogens is 2. The Morgan fingerprint density at radius 3 is 2.50 bits per heavy atom. The smallest absolute Gasteiger partial charge is 0.232 e. The number of hydrogen-bond donors (Lipinski definition) is 0. The van der Waals surface area contributed by atoms with Crippen molar-refractivity contribution in [1.82, 2.24) is 14.4 Å². The molecule has 2 aliphatic rings. The van der Waals surface area contributed by atoms with E-state index < -0.39 is 10.0 Å². The van der Waals surface area contributed by atoms with Crippen LogP contribution in [0.15, 0.2) is 4.52 Å². The Hall–Kier alpha value is -0.950. The highest BCUT2D eigenvalue weighted by Crippen LogP contribution is 2.37. The zero-order chi connectivity index (χ0) is 12.9. The molecule has 3 rings (SSSR count). The van der Waals surface area contributed by atoms with Gasteiger partial charge in [-0.15, -0.1) is 0 Å². The number of nitrogens with zero attached hydrogens (tertiary/aromatic N) is 3. The zero-order valence-corrected chi connectivity index (χ0v) is 11.4. The molecule has 0 aromatic carbocycles. The van der Waals surface area contributed by atoms with Crippen molar-refractivity contribution in [2.75, 3.05) is 13.1 Å². The molecule has 100 valence electrons. The number of sulfonamides is 1. The lowest BCUT2D eigenvalue weighted by molar-refractivity contribution is 0.216. The summed E-state index contributed by atoms with van der Waals surface area (Å²) in [4.78, 5) is 4.31. The summed E-state index contributed by atoms with van der Waals surface area (Å²) in [6, 6.07) is 0. The van der Waals surface area contributed by atoms with Crippen LogP contribution >= 0.6 is 0 Å². The van der Waals surface area contributed by atoms with Gasteiger partial charge in [0.05, 0.1) is 11.2 Å². The van der Waals surface area contributed by atoms with E-state index in [0.29, 0.717) is 24.8 Å². The lowest BCUT2D eigenvalue weighted by atomic mass is 10.0. The Balaban J connectivity index is 1.64. The van der Waals surface area contributed by atoms with Gasteiger partial charge in [0.15, 0.2) is 5.82 Å². The molecule has 1 aromatic heterocycles. The SMILES string of the molecule is CC(C)c1noc(C2CN(S(=O)(=O)C3CC3)C2)n1. The van der Waals surface area contributed by atoms with Gasteiger partial charge in [0, 0.05) is 19.0 Å². The molecule has 0 atom stereocenters. The van der Waals surface area contributed by atoms with Crippen molar-refractivity contribution in [1.29, 1.82) is 0 Å². The third-order valence-corrected chi connectivity index (χ3v) is 5.81. The molecule has 7 heteroatoms. The molecule has 1 aliphatic carbocycles. The van der Waals surface area contributed by atoms with Crippen LogP contribution in [0.2, 0.25) is 0 Å². The zero-order valence-electron chi connectivity index (χ0n) is 10.5. The van der Waals surface area contributed by atoms with Gasteiger partial charge in [0.2, 0.25) is 15.9 Å². The highest BCUT2D eigenvalue weighted by atomic mass is 32.2. The van der Waals surface area contributed by atoms with E-state index in [4.69, 9.17) is 4.52 Å². The van der Waals surface area contributed by atoms with Crippen molar-refractivity contribution in [2.24, 2.45) is 0 Å². The van der Waals surface area contributed by atoms with Crippen LogP contribution in [0.3, 0.4) is 0 Å². The third kappa shape index (κ3) is 1.95. The summed E-state index contributed by atoms with van der Waals surface area (Å²) in [6.07, 6.45) is 1.61. The van der Waals surface area contributed by atoms with E-state index in [1.54, 1.807) is 0 Å². The maximum Gasteiger partial charge on any atom is 0.232 e. The molecule has 1 aliphatic heterocycles. The molecule has 0 spiro atoms. The quantitative estimate of drug-likeness (QED) is 0.819. The van der Waals surface area contributed by atoms with Gasteiger partial charge in [-0.25, -0.2) is 8.42 Å². The van der Waals surface area contributed by atoms with Crippen LogP contribution < -0.4 is 0 Å². The van der Waals surface area contributed by atoms with Gasteiger partial charge in [0.25, 0.3) is 0 Å². The van der Waals surface area contributed by atoms with Crippen molar-refractivity contribution in [2.45, 2.75) is 43.8 Å². The second kappa shape index (κ2) is 4.03. The van der Waals surface area contributed by atoms with Gasteiger partial charge in [-0.3, -0.25) is 0 Å². The molecule has 0 unspecified atom stereocenters. The first kappa shape index (κ1) is 12.1. The van der Waals surface area contributed by atoms with Crippen LogP contribution in [-0.4, -0.2) is 41.2 Å². The lowest BCUT2D eigenvalue weighted by Crippen LogP contribution is -2.49.